The first-order valence-corrected chi connectivity index (χ1v) is 8.69. The summed E-state index contributed by atoms with van der Waals surface area (Å²) < 4.78 is 5.37. The van der Waals surface area contributed by atoms with Gasteiger partial charge in [0.15, 0.2) is 5.16 Å². The van der Waals surface area contributed by atoms with Crippen molar-refractivity contribution in [2.75, 3.05) is 25.1 Å². The monoisotopic (exact) mass is 380 g/mol. The van der Waals surface area contributed by atoms with Crippen LogP contribution in [-0.2, 0) is 9.53 Å². The summed E-state index contributed by atoms with van der Waals surface area (Å²) in [6.07, 6.45) is 3.85. The van der Waals surface area contributed by atoms with E-state index in [-0.39, 0.29) is 24.4 Å². The van der Waals surface area contributed by atoms with Crippen molar-refractivity contribution in [3.05, 3.63) is 42.2 Å². The second kappa shape index (κ2) is 9.72. The summed E-state index contributed by atoms with van der Waals surface area (Å²) in [5.41, 5.74) is 1.84. The highest BCUT2D eigenvalue weighted by Gasteiger charge is 2.17. The van der Waals surface area contributed by atoms with Gasteiger partial charge in [-0.25, -0.2) is 9.97 Å². The Labute approximate surface area is 157 Å². The van der Waals surface area contributed by atoms with Gasteiger partial charge in [-0.15, -0.1) is 12.4 Å². The van der Waals surface area contributed by atoms with Crippen molar-refractivity contribution in [1.82, 2.24) is 15.3 Å². The van der Waals surface area contributed by atoms with Crippen molar-refractivity contribution >= 4 is 35.8 Å². The minimum absolute atomic E-state index is 0. The summed E-state index contributed by atoms with van der Waals surface area (Å²) in [5.74, 6) is -0.00658. The lowest BCUT2D eigenvalue weighted by atomic mass is 10.1. The molecule has 1 atom stereocenters. The number of hydrogen-bond acceptors (Lipinski definition) is 6. The highest BCUT2D eigenvalue weighted by Crippen LogP contribution is 2.27. The average molecular weight is 381 g/mol. The normalized spacial score (nSPS) is 16.8. The van der Waals surface area contributed by atoms with Gasteiger partial charge in [0.05, 0.1) is 13.2 Å². The molecule has 1 aliphatic rings. The topological polar surface area (TPSA) is 76.1 Å². The lowest BCUT2D eigenvalue weighted by Crippen LogP contribution is -2.43. The second-order valence-electron chi connectivity index (χ2n) is 5.59. The fraction of sp³-hybridized carbons (Fsp3) is 0.353. The first kappa shape index (κ1) is 19.7. The van der Waals surface area contributed by atoms with E-state index in [0.717, 1.165) is 22.7 Å². The Morgan fingerprint density at radius 1 is 1.40 bits per heavy atom. The Hall–Kier alpha value is -1.67. The van der Waals surface area contributed by atoms with E-state index < -0.39 is 0 Å². The summed E-state index contributed by atoms with van der Waals surface area (Å²) in [4.78, 5) is 21.6. The predicted octanol–water partition coefficient (Wildman–Crippen LogP) is 2.68. The molecule has 3 rings (SSSR count). The number of morpholine rings is 1. The number of aryl methyl sites for hydroxylation is 1. The number of aromatic nitrogens is 2. The molecule has 0 spiro atoms. The molecule has 6 nitrogen and oxygen atoms in total. The number of carbonyl (C=O) groups excluding carboxylic acids is 1. The van der Waals surface area contributed by atoms with E-state index in [9.17, 15) is 4.79 Å². The van der Waals surface area contributed by atoms with Crippen LogP contribution in [0.2, 0.25) is 0 Å². The zero-order valence-corrected chi connectivity index (χ0v) is 15.5. The van der Waals surface area contributed by atoms with Crippen molar-refractivity contribution in [2.24, 2.45) is 0 Å². The van der Waals surface area contributed by atoms with Crippen molar-refractivity contribution in [3.8, 4) is 0 Å². The van der Waals surface area contributed by atoms with Gasteiger partial charge in [0.25, 0.3) is 0 Å². The smallest absolute Gasteiger partial charge is 0.226 e. The molecule has 0 aliphatic carbocycles. The van der Waals surface area contributed by atoms with Crippen molar-refractivity contribution in [2.45, 2.75) is 29.4 Å². The van der Waals surface area contributed by atoms with Crippen LogP contribution >= 0.6 is 24.2 Å². The van der Waals surface area contributed by atoms with Crippen LogP contribution in [0, 0.1) is 6.92 Å². The Morgan fingerprint density at radius 3 is 2.88 bits per heavy atom. The van der Waals surface area contributed by atoms with E-state index in [1.165, 1.54) is 11.8 Å². The number of benzene rings is 1. The minimum atomic E-state index is -0.00658. The number of anilines is 1. The molecule has 1 aromatic heterocycles. The van der Waals surface area contributed by atoms with Gasteiger partial charge in [0.1, 0.15) is 0 Å². The van der Waals surface area contributed by atoms with Crippen LogP contribution in [0.25, 0.3) is 0 Å². The van der Waals surface area contributed by atoms with Crippen molar-refractivity contribution in [3.63, 3.8) is 0 Å². The van der Waals surface area contributed by atoms with E-state index >= 15 is 0 Å². The number of nitrogens with zero attached hydrogens (tertiary/aromatic N) is 2. The van der Waals surface area contributed by atoms with Crippen LogP contribution in [0.3, 0.4) is 0 Å². The van der Waals surface area contributed by atoms with Gasteiger partial charge in [-0.3, -0.25) is 4.79 Å². The molecule has 1 unspecified atom stereocenters. The average Bonchev–Trinajstić information content (AvgIpc) is 2.59. The predicted molar refractivity (Wildman–Crippen MR) is 100 cm³/mol. The van der Waals surface area contributed by atoms with Gasteiger partial charge in [-0.1, -0.05) is 0 Å². The SMILES string of the molecule is Cc1cc(Sc2ncccn2)ccc1NC(=O)CC1COCCN1.Cl. The number of hydrogen-bond donors (Lipinski definition) is 2. The Balaban J connectivity index is 0.00000225. The number of amides is 1. The Bertz CT molecular complexity index is 696. The van der Waals surface area contributed by atoms with Gasteiger partial charge in [0.2, 0.25) is 5.91 Å². The molecule has 0 saturated carbocycles. The second-order valence-corrected chi connectivity index (χ2v) is 6.63. The van der Waals surface area contributed by atoms with Crippen LogP contribution in [0.1, 0.15) is 12.0 Å². The van der Waals surface area contributed by atoms with Crippen molar-refractivity contribution in [1.29, 1.82) is 0 Å². The molecule has 134 valence electrons. The van der Waals surface area contributed by atoms with Crippen LogP contribution in [0.5, 0.6) is 0 Å². The third-order valence-corrected chi connectivity index (χ3v) is 4.54. The fourth-order valence-electron chi connectivity index (χ4n) is 2.46. The molecule has 1 saturated heterocycles. The summed E-state index contributed by atoms with van der Waals surface area (Å²) in [6, 6.07) is 7.79. The molecular formula is C17H21ClN4O2S. The van der Waals surface area contributed by atoms with Crippen LogP contribution in [-0.4, -0.2) is 41.7 Å². The fourth-order valence-corrected chi connectivity index (χ4v) is 3.27. The maximum atomic E-state index is 12.2. The summed E-state index contributed by atoms with van der Waals surface area (Å²) >= 11 is 1.50. The van der Waals surface area contributed by atoms with Gasteiger partial charge < -0.3 is 15.4 Å². The first-order chi connectivity index (χ1) is 11.7. The van der Waals surface area contributed by atoms with E-state index in [1.54, 1.807) is 18.5 Å². The maximum Gasteiger partial charge on any atom is 0.226 e. The van der Waals surface area contributed by atoms with E-state index in [1.807, 2.05) is 25.1 Å². The maximum absolute atomic E-state index is 12.2. The molecule has 25 heavy (non-hydrogen) atoms. The zero-order chi connectivity index (χ0) is 16.8. The molecule has 2 N–H and O–H groups in total. The molecule has 2 heterocycles. The first-order valence-electron chi connectivity index (χ1n) is 7.87. The zero-order valence-electron chi connectivity index (χ0n) is 13.9. The number of halogens is 1. The van der Waals surface area contributed by atoms with E-state index in [2.05, 4.69) is 20.6 Å². The lowest BCUT2D eigenvalue weighted by Gasteiger charge is -2.23. The standard InChI is InChI=1S/C17H20N4O2S.ClH/c1-12-9-14(24-17-19-5-2-6-20-17)3-4-15(12)21-16(22)10-13-11-23-8-7-18-13;/h2-6,9,13,18H,7-8,10-11H2,1H3,(H,21,22);1H. The molecule has 8 heteroatoms. The van der Waals surface area contributed by atoms with Gasteiger partial charge >= 0.3 is 0 Å². The molecule has 1 aromatic carbocycles. The van der Waals surface area contributed by atoms with Gasteiger partial charge in [0, 0.05) is 42.0 Å². The number of carbonyl (C=O) groups is 1. The minimum Gasteiger partial charge on any atom is -0.378 e. The van der Waals surface area contributed by atoms with E-state index in [0.29, 0.717) is 24.8 Å². The summed E-state index contributed by atoms with van der Waals surface area (Å²) in [6.45, 7) is 4.07. The van der Waals surface area contributed by atoms with Gasteiger partial charge in [-0.05, 0) is 48.5 Å². The largest absolute Gasteiger partial charge is 0.378 e. The quantitative estimate of drug-likeness (QED) is 0.777. The molecule has 1 aliphatic heterocycles. The molecule has 1 amide bonds. The van der Waals surface area contributed by atoms with E-state index in [4.69, 9.17) is 4.74 Å². The molecule has 2 aromatic rings. The van der Waals surface area contributed by atoms with Crippen molar-refractivity contribution < 1.29 is 9.53 Å². The molecule has 1 fully saturated rings. The Morgan fingerprint density at radius 2 is 2.20 bits per heavy atom. The number of ether oxygens (including phenoxy) is 1. The number of rotatable bonds is 5. The summed E-state index contributed by atoms with van der Waals surface area (Å²) in [7, 11) is 0. The lowest BCUT2D eigenvalue weighted by molar-refractivity contribution is -0.117. The summed E-state index contributed by atoms with van der Waals surface area (Å²) in [5, 5.41) is 6.96. The highest BCUT2D eigenvalue weighted by atomic mass is 35.5. The molecular weight excluding hydrogens is 360 g/mol. The van der Waals surface area contributed by atoms with Crippen LogP contribution in [0.15, 0.2) is 46.7 Å². The van der Waals surface area contributed by atoms with Crippen LogP contribution in [0.4, 0.5) is 5.69 Å². The van der Waals surface area contributed by atoms with Crippen LogP contribution < -0.4 is 10.6 Å². The third-order valence-electron chi connectivity index (χ3n) is 3.65. The number of nitrogens with one attached hydrogen (secondary N) is 2. The molecule has 0 bridgehead atoms. The van der Waals surface area contributed by atoms with Gasteiger partial charge in [-0.2, -0.15) is 0 Å². The highest BCUT2D eigenvalue weighted by molar-refractivity contribution is 7.99. The molecule has 0 radical (unpaired) electrons. The Kier molecular flexibility index (Phi) is 7.64. The third kappa shape index (κ3) is 5.97.